The van der Waals surface area contributed by atoms with Gasteiger partial charge in [-0.3, -0.25) is 14.5 Å². The minimum Gasteiger partial charge on any atom is -0.379 e. The van der Waals surface area contributed by atoms with Crippen LogP contribution in [0.25, 0.3) is 0 Å². The number of likely N-dealkylation sites (tertiary alicyclic amines) is 1. The first kappa shape index (κ1) is 16.5. The molecule has 2 amide bonds. The van der Waals surface area contributed by atoms with Crippen LogP contribution in [0.4, 0.5) is 0 Å². The highest BCUT2D eigenvalue weighted by Crippen LogP contribution is 2.25. The Hall–Kier alpha value is -1.92. The maximum Gasteiger partial charge on any atom is 0.254 e. The molecule has 0 aromatic heterocycles. The maximum absolute atomic E-state index is 12.8. The van der Waals surface area contributed by atoms with E-state index in [4.69, 9.17) is 4.74 Å². The molecule has 6 nitrogen and oxygen atoms in total. The normalized spacial score (nSPS) is 27.0. The Morgan fingerprint density at radius 2 is 1.96 bits per heavy atom. The van der Waals surface area contributed by atoms with Crippen molar-refractivity contribution in [2.24, 2.45) is 5.92 Å². The highest BCUT2D eigenvalue weighted by atomic mass is 16.5. The van der Waals surface area contributed by atoms with Crippen molar-refractivity contribution in [3.05, 3.63) is 35.4 Å². The van der Waals surface area contributed by atoms with Crippen molar-refractivity contribution >= 4 is 11.8 Å². The number of rotatable bonds is 3. The SMILES string of the molecule is C[C@H]1CN(C(=O)CN2Cc3ccccc3C2=O)C[C@H]1N1CCOCC1. The van der Waals surface area contributed by atoms with Gasteiger partial charge in [-0.25, -0.2) is 0 Å². The van der Waals surface area contributed by atoms with Crippen molar-refractivity contribution < 1.29 is 14.3 Å². The summed E-state index contributed by atoms with van der Waals surface area (Å²) in [5.41, 5.74) is 1.75. The minimum atomic E-state index is -0.0269. The molecule has 0 aliphatic carbocycles. The molecule has 1 aromatic rings. The van der Waals surface area contributed by atoms with Crippen LogP contribution < -0.4 is 0 Å². The molecule has 6 heteroatoms. The second-order valence-electron chi connectivity index (χ2n) is 7.31. The van der Waals surface area contributed by atoms with E-state index in [1.807, 2.05) is 29.2 Å². The van der Waals surface area contributed by atoms with Crippen molar-refractivity contribution in [2.45, 2.75) is 19.5 Å². The van der Waals surface area contributed by atoms with Crippen LogP contribution >= 0.6 is 0 Å². The highest BCUT2D eigenvalue weighted by Gasteiger charge is 2.38. The van der Waals surface area contributed by atoms with Crippen molar-refractivity contribution in [3.63, 3.8) is 0 Å². The summed E-state index contributed by atoms with van der Waals surface area (Å²) < 4.78 is 5.43. The lowest BCUT2D eigenvalue weighted by molar-refractivity contribution is -0.131. The number of fused-ring (bicyclic) bond motifs is 1. The topological polar surface area (TPSA) is 53.1 Å². The van der Waals surface area contributed by atoms with E-state index < -0.39 is 0 Å². The molecule has 2 atom stereocenters. The van der Waals surface area contributed by atoms with E-state index in [-0.39, 0.29) is 18.4 Å². The molecule has 3 aliphatic rings. The number of morpholine rings is 1. The van der Waals surface area contributed by atoms with Crippen LogP contribution in [-0.4, -0.2) is 78.5 Å². The van der Waals surface area contributed by atoms with Crippen molar-refractivity contribution in [3.8, 4) is 0 Å². The molecule has 0 radical (unpaired) electrons. The van der Waals surface area contributed by atoms with Gasteiger partial charge in [0, 0.05) is 44.3 Å². The van der Waals surface area contributed by atoms with Gasteiger partial charge in [0.25, 0.3) is 5.91 Å². The van der Waals surface area contributed by atoms with Crippen LogP contribution in [-0.2, 0) is 16.1 Å². The monoisotopic (exact) mass is 343 g/mol. The number of amides is 2. The first-order valence-electron chi connectivity index (χ1n) is 9.10. The van der Waals surface area contributed by atoms with Crippen LogP contribution in [0.2, 0.25) is 0 Å². The lowest BCUT2D eigenvalue weighted by Crippen LogP contribution is -2.47. The maximum atomic E-state index is 12.8. The molecular formula is C19H25N3O3. The highest BCUT2D eigenvalue weighted by molar-refractivity contribution is 6.00. The van der Waals surface area contributed by atoms with Gasteiger partial charge in [0.15, 0.2) is 0 Å². The smallest absolute Gasteiger partial charge is 0.254 e. The summed E-state index contributed by atoms with van der Waals surface area (Å²) in [4.78, 5) is 31.3. The zero-order chi connectivity index (χ0) is 17.4. The van der Waals surface area contributed by atoms with E-state index >= 15 is 0 Å². The third-order valence-corrected chi connectivity index (χ3v) is 5.66. The number of carbonyl (C=O) groups excluding carboxylic acids is 2. The molecule has 25 heavy (non-hydrogen) atoms. The predicted octanol–water partition coefficient (Wildman–Crippen LogP) is 0.822. The van der Waals surface area contributed by atoms with Gasteiger partial charge in [-0.1, -0.05) is 25.1 Å². The summed E-state index contributed by atoms with van der Waals surface area (Å²) in [5, 5.41) is 0. The molecule has 0 unspecified atom stereocenters. The molecule has 4 rings (SSSR count). The molecule has 2 fully saturated rings. The first-order chi connectivity index (χ1) is 12.1. The zero-order valence-electron chi connectivity index (χ0n) is 14.7. The summed E-state index contributed by atoms with van der Waals surface area (Å²) >= 11 is 0. The third-order valence-electron chi connectivity index (χ3n) is 5.66. The second kappa shape index (κ2) is 6.77. The van der Waals surface area contributed by atoms with E-state index in [1.54, 1.807) is 4.90 Å². The summed E-state index contributed by atoms with van der Waals surface area (Å²) in [6, 6.07) is 8.02. The predicted molar refractivity (Wildman–Crippen MR) is 93.1 cm³/mol. The van der Waals surface area contributed by atoms with Crippen molar-refractivity contribution in [1.82, 2.24) is 14.7 Å². The van der Waals surface area contributed by atoms with Crippen molar-refractivity contribution in [2.75, 3.05) is 45.9 Å². The Labute approximate surface area is 148 Å². The Bertz CT molecular complexity index is 672. The van der Waals surface area contributed by atoms with Crippen LogP contribution in [0.5, 0.6) is 0 Å². The number of hydrogen-bond acceptors (Lipinski definition) is 4. The van der Waals surface area contributed by atoms with Crippen LogP contribution in [0.1, 0.15) is 22.8 Å². The van der Waals surface area contributed by atoms with E-state index in [9.17, 15) is 9.59 Å². The fraction of sp³-hybridized carbons (Fsp3) is 0.579. The van der Waals surface area contributed by atoms with Crippen LogP contribution in [0, 0.1) is 5.92 Å². The molecule has 3 heterocycles. The lowest BCUT2D eigenvalue weighted by atomic mass is 10.0. The van der Waals surface area contributed by atoms with E-state index in [1.165, 1.54) is 0 Å². The Morgan fingerprint density at radius 1 is 1.20 bits per heavy atom. The Morgan fingerprint density at radius 3 is 2.72 bits per heavy atom. The standard InChI is InChI=1S/C19H25N3O3/c1-14-10-21(12-17(14)20-6-8-25-9-7-20)18(23)13-22-11-15-4-2-3-5-16(15)19(22)24/h2-5,14,17H,6-13H2,1H3/t14-,17+/m0/s1. The molecule has 0 bridgehead atoms. The van der Waals surface area contributed by atoms with E-state index in [0.717, 1.165) is 50.5 Å². The average Bonchev–Trinajstić information content (AvgIpc) is 3.17. The molecular weight excluding hydrogens is 318 g/mol. The minimum absolute atomic E-state index is 0.0269. The number of nitrogens with zero attached hydrogens (tertiary/aromatic N) is 3. The molecule has 0 N–H and O–H groups in total. The summed E-state index contributed by atoms with van der Waals surface area (Å²) in [6.45, 7) is 7.89. The van der Waals surface area contributed by atoms with Gasteiger partial charge in [0.1, 0.15) is 6.54 Å². The summed E-state index contributed by atoms with van der Waals surface area (Å²) in [7, 11) is 0. The lowest BCUT2D eigenvalue weighted by Gasteiger charge is -2.34. The summed E-state index contributed by atoms with van der Waals surface area (Å²) in [5.74, 6) is 0.484. The molecule has 0 spiro atoms. The van der Waals surface area contributed by atoms with Gasteiger partial charge in [-0.05, 0) is 17.5 Å². The third kappa shape index (κ3) is 3.16. The van der Waals surface area contributed by atoms with Crippen molar-refractivity contribution in [1.29, 1.82) is 0 Å². The molecule has 2 saturated heterocycles. The van der Waals surface area contributed by atoms with Gasteiger partial charge in [-0.15, -0.1) is 0 Å². The molecule has 3 aliphatic heterocycles. The Kier molecular flexibility index (Phi) is 4.48. The van der Waals surface area contributed by atoms with E-state index in [0.29, 0.717) is 18.5 Å². The molecule has 1 aromatic carbocycles. The first-order valence-corrected chi connectivity index (χ1v) is 9.10. The van der Waals surface area contributed by atoms with E-state index in [2.05, 4.69) is 11.8 Å². The second-order valence-corrected chi connectivity index (χ2v) is 7.31. The molecule has 134 valence electrons. The summed E-state index contributed by atoms with van der Waals surface area (Å²) in [6.07, 6.45) is 0. The fourth-order valence-corrected chi connectivity index (χ4v) is 4.24. The number of carbonyl (C=O) groups is 2. The number of benzene rings is 1. The van der Waals surface area contributed by atoms with Gasteiger partial charge in [0.05, 0.1) is 13.2 Å². The van der Waals surface area contributed by atoms with Crippen LogP contribution in [0.15, 0.2) is 24.3 Å². The average molecular weight is 343 g/mol. The zero-order valence-corrected chi connectivity index (χ0v) is 14.7. The van der Waals surface area contributed by atoms with Gasteiger partial charge in [-0.2, -0.15) is 0 Å². The molecule has 0 saturated carbocycles. The largest absolute Gasteiger partial charge is 0.379 e. The number of hydrogen-bond donors (Lipinski definition) is 0. The van der Waals surface area contributed by atoms with Crippen LogP contribution in [0.3, 0.4) is 0 Å². The van der Waals surface area contributed by atoms with Gasteiger partial charge >= 0.3 is 0 Å². The number of ether oxygens (including phenoxy) is 1. The van der Waals surface area contributed by atoms with Gasteiger partial charge < -0.3 is 14.5 Å². The van der Waals surface area contributed by atoms with Gasteiger partial charge in [0.2, 0.25) is 5.91 Å². The fourth-order valence-electron chi connectivity index (χ4n) is 4.24. The Balaban J connectivity index is 1.37. The quantitative estimate of drug-likeness (QED) is 0.815.